The molecule has 0 aromatic carbocycles. The van der Waals surface area contributed by atoms with Crippen molar-refractivity contribution < 1.29 is 4.57 Å². The molecule has 0 saturated heterocycles. The highest BCUT2D eigenvalue weighted by atomic mass is 35.7. The molecule has 2 bridgehead atoms. The third kappa shape index (κ3) is 1.67. The molecule has 0 radical (unpaired) electrons. The van der Waals surface area contributed by atoms with Gasteiger partial charge in [0.2, 0.25) is 0 Å². The monoisotopic (exact) mass is 234 g/mol. The van der Waals surface area contributed by atoms with E-state index in [1.165, 1.54) is 12.8 Å². The Morgan fingerprint density at radius 3 is 2.50 bits per heavy atom. The zero-order valence-corrected chi connectivity index (χ0v) is 10.6. The first-order chi connectivity index (χ1) is 6.60. The summed E-state index contributed by atoms with van der Waals surface area (Å²) in [6.07, 6.45) is 8.93. The highest BCUT2D eigenvalue weighted by Crippen LogP contribution is 2.74. The summed E-state index contributed by atoms with van der Waals surface area (Å²) >= 11 is 6.36. The second-order valence-corrected chi connectivity index (χ2v) is 9.44. The number of unbranched alkanes of at least 4 members (excludes halogenated alkanes) is 1. The smallest absolute Gasteiger partial charge is 0.175 e. The van der Waals surface area contributed by atoms with Crippen molar-refractivity contribution in [3.63, 3.8) is 0 Å². The topological polar surface area (TPSA) is 17.1 Å². The molecule has 2 aliphatic rings. The Morgan fingerprint density at radius 1 is 1.43 bits per heavy atom. The lowest BCUT2D eigenvalue weighted by Crippen LogP contribution is -2.21. The first-order valence-corrected chi connectivity index (χ1v) is 8.68. The van der Waals surface area contributed by atoms with Gasteiger partial charge < -0.3 is 4.57 Å². The number of hydrogen-bond donors (Lipinski definition) is 0. The molecular formula is C11H20ClOP. The van der Waals surface area contributed by atoms with Crippen LogP contribution in [0.4, 0.5) is 0 Å². The van der Waals surface area contributed by atoms with Gasteiger partial charge in [-0.3, -0.25) is 0 Å². The minimum Gasteiger partial charge on any atom is -0.306 e. The normalized spacial score (nSPS) is 40.0. The Hall–Kier alpha value is 0.520. The third-order valence-electron chi connectivity index (χ3n) is 4.21. The number of rotatable bonds is 4. The predicted octanol–water partition coefficient (Wildman–Crippen LogP) is 4.64. The maximum atomic E-state index is 12.5. The van der Waals surface area contributed by atoms with Crippen LogP contribution in [0.25, 0.3) is 0 Å². The Morgan fingerprint density at radius 2 is 2.07 bits per heavy atom. The van der Waals surface area contributed by atoms with Crippen LogP contribution in [-0.2, 0) is 4.57 Å². The molecule has 0 heterocycles. The standard InChI is InChI=1S/C11H20ClOP/c1-2-3-8-14(12,13)11-6-4-10(9-11)5-7-11/h10H,2-9H2,1H3. The fraction of sp³-hybridized carbons (Fsp3) is 1.00. The Balaban J connectivity index is 2.08. The summed E-state index contributed by atoms with van der Waals surface area (Å²) in [6.45, 7) is -0.234. The third-order valence-corrected chi connectivity index (χ3v) is 8.73. The van der Waals surface area contributed by atoms with Crippen LogP contribution in [0.5, 0.6) is 0 Å². The summed E-state index contributed by atoms with van der Waals surface area (Å²) in [5.74, 6) is 0.851. The van der Waals surface area contributed by atoms with Crippen molar-refractivity contribution in [2.24, 2.45) is 5.92 Å². The van der Waals surface area contributed by atoms with E-state index < -0.39 is 6.49 Å². The van der Waals surface area contributed by atoms with Crippen LogP contribution in [0, 0.1) is 5.92 Å². The van der Waals surface area contributed by atoms with Crippen molar-refractivity contribution in [1.29, 1.82) is 0 Å². The lowest BCUT2D eigenvalue weighted by atomic mass is 10.0. The highest BCUT2D eigenvalue weighted by molar-refractivity contribution is 7.90. The van der Waals surface area contributed by atoms with E-state index in [0.717, 1.165) is 44.2 Å². The molecule has 0 spiro atoms. The van der Waals surface area contributed by atoms with E-state index in [4.69, 9.17) is 11.2 Å². The van der Waals surface area contributed by atoms with Gasteiger partial charge in [-0.25, -0.2) is 0 Å². The number of fused-ring (bicyclic) bond motifs is 2. The molecule has 1 atom stereocenters. The molecule has 0 N–H and O–H groups in total. The molecule has 14 heavy (non-hydrogen) atoms. The molecule has 82 valence electrons. The zero-order valence-electron chi connectivity index (χ0n) is 8.97. The summed E-state index contributed by atoms with van der Waals surface area (Å²) in [7, 11) is 0. The molecule has 1 unspecified atom stereocenters. The van der Waals surface area contributed by atoms with Gasteiger partial charge >= 0.3 is 0 Å². The molecule has 2 fully saturated rings. The van der Waals surface area contributed by atoms with Crippen molar-refractivity contribution in [2.75, 3.05) is 6.16 Å². The average molecular weight is 235 g/mol. The molecular weight excluding hydrogens is 215 g/mol. The molecule has 1 nitrogen and oxygen atoms in total. The molecule has 3 heteroatoms. The van der Waals surface area contributed by atoms with Gasteiger partial charge in [-0.2, -0.15) is 0 Å². The van der Waals surface area contributed by atoms with Crippen molar-refractivity contribution in [1.82, 2.24) is 0 Å². The second kappa shape index (κ2) is 3.83. The van der Waals surface area contributed by atoms with E-state index in [1.54, 1.807) is 0 Å². The summed E-state index contributed by atoms with van der Waals surface area (Å²) < 4.78 is 12.5. The molecule has 2 rings (SSSR count). The van der Waals surface area contributed by atoms with Gasteiger partial charge in [-0.05, 0) is 44.4 Å². The van der Waals surface area contributed by atoms with Gasteiger partial charge in [0.15, 0.2) is 6.49 Å². The van der Waals surface area contributed by atoms with E-state index in [2.05, 4.69) is 6.92 Å². The van der Waals surface area contributed by atoms with E-state index in [9.17, 15) is 4.57 Å². The predicted molar refractivity (Wildman–Crippen MR) is 62.5 cm³/mol. The average Bonchev–Trinajstić information content (AvgIpc) is 2.75. The van der Waals surface area contributed by atoms with Gasteiger partial charge in [0, 0.05) is 11.3 Å². The van der Waals surface area contributed by atoms with Gasteiger partial charge in [0.25, 0.3) is 0 Å². The van der Waals surface area contributed by atoms with Gasteiger partial charge in [-0.1, -0.05) is 24.6 Å². The lowest BCUT2D eigenvalue weighted by Gasteiger charge is -2.31. The summed E-state index contributed by atoms with van der Waals surface area (Å²) in [6, 6.07) is 0. The first kappa shape index (κ1) is 11.0. The molecule has 0 amide bonds. The van der Waals surface area contributed by atoms with Crippen LogP contribution >= 0.6 is 17.7 Å². The minimum absolute atomic E-state index is 0.0778. The maximum Gasteiger partial charge on any atom is 0.175 e. The van der Waals surface area contributed by atoms with Crippen LogP contribution in [0.3, 0.4) is 0 Å². The van der Waals surface area contributed by atoms with E-state index >= 15 is 0 Å². The maximum absolute atomic E-state index is 12.5. The molecule has 2 saturated carbocycles. The lowest BCUT2D eigenvalue weighted by molar-refractivity contribution is 0.478. The van der Waals surface area contributed by atoms with Crippen LogP contribution in [0.2, 0.25) is 0 Å². The van der Waals surface area contributed by atoms with Gasteiger partial charge in [-0.15, -0.1) is 0 Å². The number of hydrogen-bond acceptors (Lipinski definition) is 1. The van der Waals surface area contributed by atoms with Crippen molar-refractivity contribution in [2.45, 2.75) is 57.0 Å². The Bertz CT molecular complexity index is 256. The molecule has 0 aromatic heterocycles. The molecule has 2 aliphatic carbocycles. The van der Waals surface area contributed by atoms with Crippen molar-refractivity contribution in [3.8, 4) is 0 Å². The summed E-state index contributed by atoms with van der Waals surface area (Å²) in [5, 5.41) is 0.0778. The SMILES string of the molecule is CCCCP(=O)(Cl)C12CCC(CC1)C2. The van der Waals surface area contributed by atoms with Crippen LogP contribution in [0.15, 0.2) is 0 Å². The van der Waals surface area contributed by atoms with Crippen LogP contribution in [-0.4, -0.2) is 11.3 Å². The van der Waals surface area contributed by atoms with E-state index in [1.807, 2.05) is 0 Å². The molecule has 0 aliphatic heterocycles. The van der Waals surface area contributed by atoms with Crippen LogP contribution in [0.1, 0.15) is 51.9 Å². The van der Waals surface area contributed by atoms with Crippen molar-refractivity contribution >= 4 is 17.7 Å². The van der Waals surface area contributed by atoms with E-state index in [-0.39, 0.29) is 5.16 Å². The quantitative estimate of drug-likeness (QED) is 0.648. The summed E-state index contributed by atoms with van der Waals surface area (Å²) in [5.41, 5.74) is 0. The first-order valence-electron chi connectivity index (χ1n) is 5.88. The molecule has 0 aromatic rings. The highest BCUT2D eigenvalue weighted by Gasteiger charge is 2.54. The van der Waals surface area contributed by atoms with E-state index in [0.29, 0.717) is 0 Å². The Labute approximate surface area is 91.8 Å². The van der Waals surface area contributed by atoms with Gasteiger partial charge in [0.05, 0.1) is 0 Å². The fourth-order valence-electron chi connectivity index (χ4n) is 3.23. The summed E-state index contributed by atoms with van der Waals surface area (Å²) in [4.78, 5) is 0. The minimum atomic E-state index is -2.37. The van der Waals surface area contributed by atoms with Crippen LogP contribution < -0.4 is 0 Å². The Kier molecular flexibility index (Phi) is 3.02. The van der Waals surface area contributed by atoms with Crippen molar-refractivity contribution in [3.05, 3.63) is 0 Å². The second-order valence-electron chi connectivity index (χ2n) is 5.10. The van der Waals surface area contributed by atoms with Gasteiger partial charge in [0.1, 0.15) is 0 Å². The fourth-order valence-corrected chi connectivity index (χ4v) is 6.96. The zero-order chi connectivity index (χ0) is 10.2. The number of halogens is 1. The largest absolute Gasteiger partial charge is 0.306 e.